The lowest BCUT2D eigenvalue weighted by Gasteiger charge is -2.08. The molecule has 1 aromatic carbocycles. The van der Waals surface area contributed by atoms with Gasteiger partial charge in [-0.05, 0) is 24.6 Å². The summed E-state index contributed by atoms with van der Waals surface area (Å²) in [5, 5.41) is 2.79. The van der Waals surface area contributed by atoms with E-state index in [0.29, 0.717) is 25.3 Å². The predicted molar refractivity (Wildman–Crippen MR) is 71.3 cm³/mol. The first kappa shape index (κ1) is 14.2. The summed E-state index contributed by atoms with van der Waals surface area (Å²) < 4.78 is 4.88. The fourth-order valence-electron chi connectivity index (χ4n) is 1.53. The lowest BCUT2D eigenvalue weighted by molar-refractivity contribution is 0.0936. The number of rotatable bonds is 4. The number of carbonyl (C=O) groups excluding carboxylic acids is 1. The molecule has 96 valence electrons. The van der Waals surface area contributed by atoms with Gasteiger partial charge in [-0.15, -0.1) is 0 Å². The summed E-state index contributed by atoms with van der Waals surface area (Å²) >= 11 is 0. The Bertz CT molecular complexity index is 472. The Kier molecular flexibility index (Phi) is 5.92. The summed E-state index contributed by atoms with van der Waals surface area (Å²) in [4.78, 5) is 11.9. The van der Waals surface area contributed by atoms with E-state index in [1.165, 1.54) is 0 Å². The molecule has 0 aliphatic heterocycles. The summed E-state index contributed by atoms with van der Waals surface area (Å²) in [6, 6.07) is 5.48. The molecule has 0 saturated carbocycles. The number of ether oxygens (including phenoxy) is 1. The number of nitrogens with one attached hydrogen (secondary N) is 1. The second-order valence-electron chi connectivity index (χ2n) is 3.73. The summed E-state index contributed by atoms with van der Waals surface area (Å²) in [6.07, 6.45) is 0. The van der Waals surface area contributed by atoms with Crippen molar-refractivity contribution in [3.63, 3.8) is 0 Å². The molecule has 0 bridgehead atoms. The van der Waals surface area contributed by atoms with E-state index in [9.17, 15) is 4.79 Å². The van der Waals surface area contributed by atoms with E-state index >= 15 is 0 Å². The van der Waals surface area contributed by atoms with E-state index in [-0.39, 0.29) is 5.91 Å². The molecule has 1 aromatic rings. The van der Waals surface area contributed by atoms with E-state index < -0.39 is 0 Å². The van der Waals surface area contributed by atoms with Crippen LogP contribution in [0.4, 0.5) is 0 Å². The Morgan fingerprint density at radius 1 is 1.50 bits per heavy atom. The number of hydrogen-bond donors (Lipinski definition) is 2. The summed E-state index contributed by atoms with van der Waals surface area (Å²) in [5.41, 5.74) is 7.67. The topological polar surface area (TPSA) is 64.3 Å². The van der Waals surface area contributed by atoms with Gasteiger partial charge in [0.25, 0.3) is 5.91 Å². The monoisotopic (exact) mass is 246 g/mol. The molecule has 0 radical (unpaired) electrons. The first-order valence-electron chi connectivity index (χ1n) is 5.76. The van der Waals surface area contributed by atoms with E-state index in [4.69, 9.17) is 10.5 Å². The molecule has 0 atom stereocenters. The average molecular weight is 246 g/mol. The minimum Gasteiger partial charge on any atom is -0.383 e. The zero-order valence-corrected chi connectivity index (χ0v) is 10.7. The number of methoxy groups -OCH3 is 1. The van der Waals surface area contributed by atoms with E-state index in [0.717, 1.165) is 11.1 Å². The molecule has 0 aliphatic carbocycles. The molecule has 4 heteroatoms. The van der Waals surface area contributed by atoms with Crippen LogP contribution in [0.1, 0.15) is 21.5 Å². The van der Waals surface area contributed by atoms with Gasteiger partial charge in [-0.3, -0.25) is 4.79 Å². The molecule has 0 unspecified atom stereocenters. The van der Waals surface area contributed by atoms with Gasteiger partial charge in [0.1, 0.15) is 0 Å². The first-order chi connectivity index (χ1) is 8.70. The molecule has 0 aromatic heterocycles. The van der Waals surface area contributed by atoms with E-state index in [1.807, 2.05) is 19.1 Å². The molecular formula is C14H18N2O2. The predicted octanol–water partition coefficient (Wildman–Crippen LogP) is 0.681. The smallest absolute Gasteiger partial charge is 0.251 e. The normalized spacial score (nSPS) is 9.50. The van der Waals surface area contributed by atoms with Crippen LogP contribution in [0.5, 0.6) is 0 Å². The van der Waals surface area contributed by atoms with Crippen LogP contribution in [-0.2, 0) is 4.74 Å². The van der Waals surface area contributed by atoms with Crippen LogP contribution in [0.3, 0.4) is 0 Å². The second-order valence-corrected chi connectivity index (χ2v) is 3.73. The molecule has 0 aliphatic rings. The van der Waals surface area contributed by atoms with Crippen LogP contribution in [0, 0.1) is 18.8 Å². The quantitative estimate of drug-likeness (QED) is 0.606. The SMILES string of the molecule is COCCNC(=O)c1cccc(C#CCN)c1C. The fourth-order valence-corrected chi connectivity index (χ4v) is 1.53. The number of hydrogen-bond acceptors (Lipinski definition) is 3. The number of amides is 1. The fraction of sp³-hybridized carbons (Fsp3) is 0.357. The molecule has 0 fully saturated rings. The van der Waals surface area contributed by atoms with Gasteiger partial charge in [-0.1, -0.05) is 17.9 Å². The van der Waals surface area contributed by atoms with Crippen LogP contribution in [0.2, 0.25) is 0 Å². The molecule has 4 nitrogen and oxygen atoms in total. The minimum absolute atomic E-state index is 0.110. The summed E-state index contributed by atoms with van der Waals surface area (Å²) in [7, 11) is 1.60. The van der Waals surface area contributed by atoms with Gasteiger partial charge in [-0.25, -0.2) is 0 Å². The van der Waals surface area contributed by atoms with Crippen molar-refractivity contribution in [3.05, 3.63) is 34.9 Å². The van der Waals surface area contributed by atoms with E-state index in [1.54, 1.807) is 13.2 Å². The highest BCUT2D eigenvalue weighted by Gasteiger charge is 2.09. The van der Waals surface area contributed by atoms with Crippen molar-refractivity contribution in [2.45, 2.75) is 6.92 Å². The Hall–Kier alpha value is -1.83. The van der Waals surface area contributed by atoms with Crippen molar-refractivity contribution in [2.75, 3.05) is 26.8 Å². The van der Waals surface area contributed by atoms with Crippen molar-refractivity contribution in [1.29, 1.82) is 0 Å². The third kappa shape index (κ3) is 3.88. The van der Waals surface area contributed by atoms with Gasteiger partial charge in [0.05, 0.1) is 13.2 Å². The summed E-state index contributed by atoms with van der Waals surface area (Å²) in [6.45, 7) is 3.18. The molecule has 18 heavy (non-hydrogen) atoms. The van der Waals surface area contributed by atoms with Gasteiger partial charge in [0.2, 0.25) is 0 Å². The lowest BCUT2D eigenvalue weighted by Crippen LogP contribution is -2.27. The highest BCUT2D eigenvalue weighted by Crippen LogP contribution is 2.12. The highest BCUT2D eigenvalue weighted by atomic mass is 16.5. The Morgan fingerprint density at radius 3 is 2.94 bits per heavy atom. The molecule has 1 amide bonds. The molecule has 1 rings (SSSR count). The van der Waals surface area contributed by atoms with Crippen molar-refractivity contribution in [3.8, 4) is 11.8 Å². The van der Waals surface area contributed by atoms with Crippen molar-refractivity contribution in [1.82, 2.24) is 5.32 Å². The van der Waals surface area contributed by atoms with Crippen LogP contribution >= 0.6 is 0 Å². The summed E-state index contributed by atoms with van der Waals surface area (Å²) in [5.74, 6) is 5.64. The van der Waals surface area contributed by atoms with Crippen LogP contribution in [0.25, 0.3) is 0 Å². The van der Waals surface area contributed by atoms with Crippen LogP contribution in [-0.4, -0.2) is 32.7 Å². The standard InChI is InChI=1S/C14H18N2O2/c1-11-12(6-4-8-15)5-3-7-13(11)14(17)16-9-10-18-2/h3,5,7H,8-10,15H2,1-2H3,(H,16,17). The maximum atomic E-state index is 11.9. The Labute approximate surface area is 108 Å². The maximum Gasteiger partial charge on any atom is 0.251 e. The van der Waals surface area contributed by atoms with Gasteiger partial charge in [-0.2, -0.15) is 0 Å². The number of carbonyl (C=O) groups is 1. The molecule has 0 saturated heterocycles. The molecule has 3 N–H and O–H groups in total. The van der Waals surface area contributed by atoms with Crippen LogP contribution in [0.15, 0.2) is 18.2 Å². The second kappa shape index (κ2) is 7.49. The van der Waals surface area contributed by atoms with Crippen LogP contribution < -0.4 is 11.1 Å². The van der Waals surface area contributed by atoms with Crippen molar-refractivity contribution in [2.24, 2.45) is 5.73 Å². The zero-order valence-electron chi connectivity index (χ0n) is 10.7. The maximum absolute atomic E-state index is 11.9. The third-order valence-corrected chi connectivity index (χ3v) is 2.50. The average Bonchev–Trinajstić information content (AvgIpc) is 2.37. The molecular weight excluding hydrogens is 228 g/mol. The molecule has 0 spiro atoms. The van der Waals surface area contributed by atoms with Gasteiger partial charge < -0.3 is 15.8 Å². The van der Waals surface area contributed by atoms with Crippen molar-refractivity contribution >= 4 is 5.91 Å². The van der Waals surface area contributed by atoms with Crippen molar-refractivity contribution < 1.29 is 9.53 Å². The molecule has 0 heterocycles. The highest BCUT2D eigenvalue weighted by molar-refractivity contribution is 5.96. The third-order valence-electron chi connectivity index (χ3n) is 2.50. The van der Waals surface area contributed by atoms with Gasteiger partial charge >= 0.3 is 0 Å². The van der Waals surface area contributed by atoms with Gasteiger partial charge in [0.15, 0.2) is 0 Å². The lowest BCUT2D eigenvalue weighted by atomic mass is 10.0. The number of benzene rings is 1. The Balaban J connectivity index is 2.86. The minimum atomic E-state index is -0.110. The first-order valence-corrected chi connectivity index (χ1v) is 5.76. The van der Waals surface area contributed by atoms with Gasteiger partial charge in [0, 0.05) is 24.8 Å². The van der Waals surface area contributed by atoms with E-state index in [2.05, 4.69) is 17.2 Å². The largest absolute Gasteiger partial charge is 0.383 e. The Morgan fingerprint density at radius 2 is 2.28 bits per heavy atom. The zero-order chi connectivity index (χ0) is 13.4. The number of nitrogens with two attached hydrogens (primary N) is 1.